The lowest BCUT2D eigenvalue weighted by Crippen LogP contribution is -2.38. The smallest absolute Gasteiger partial charge is 0.191 e. The van der Waals surface area contributed by atoms with Crippen LogP contribution in [0.2, 0.25) is 0 Å². The molecule has 0 unspecified atom stereocenters. The van der Waals surface area contributed by atoms with Crippen molar-refractivity contribution in [3.05, 3.63) is 71.2 Å². The highest BCUT2D eigenvalue weighted by Crippen LogP contribution is 2.19. The van der Waals surface area contributed by atoms with Crippen LogP contribution < -0.4 is 10.6 Å². The van der Waals surface area contributed by atoms with Gasteiger partial charge in [0.05, 0.1) is 18.2 Å². The largest absolute Gasteiger partial charge is 0.361 e. The van der Waals surface area contributed by atoms with Crippen LogP contribution in [-0.4, -0.2) is 24.0 Å². The summed E-state index contributed by atoms with van der Waals surface area (Å²) in [6.07, 6.45) is 2.71. The first-order valence-corrected chi connectivity index (χ1v) is 8.96. The van der Waals surface area contributed by atoms with Crippen molar-refractivity contribution in [1.29, 1.82) is 5.26 Å². The van der Waals surface area contributed by atoms with E-state index >= 15 is 0 Å². The molecule has 0 amide bonds. The summed E-state index contributed by atoms with van der Waals surface area (Å²) < 4.78 is 13.3. The van der Waals surface area contributed by atoms with Crippen LogP contribution in [0.1, 0.15) is 23.6 Å². The van der Waals surface area contributed by atoms with Gasteiger partial charge in [0.25, 0.3) is 0 Å². The van der Waals surface area contributed by atoms with Gasteiger partial charge in [0, 0.05) is 30.2 Å². The fourth-order valence-corrected chi connectivity index (χ4v) is 2.93. The third kappa shape index (κ3) is 4.85. The van der Waals surface area contributed by atoms with Gasteiger partial charge >= 0.3 is 0 Å². The normalized spacial score (nSPS) is 11.4. The predicted molar refractivity (Wildman–Crippen MR) is 106 cm³/mol. The van der Waals surface area contributed by atoms with Gasteiger partial charge in [0.2, 0.25) is 0 Å². The second-order valence-corrected chi connectivity index (χ2v) is 6.19. The molecule has 5 nitrogen and oxygen atoms in total. The van der Waals surface area contributed by atoms with E-state index in [1.54, 1.807) is 12.1 Å². The molecule has 0 saturated carbocycles. The van der Waals surface area contributed by atoms with E-state index in [4.69, 9.17) is 5.26 Å². The molecular weight excluding hydrogens is 341 g/mol. The van der Waals surface area contributed by atoms with Crippen LogP contribution >= 0.6 is 0 Å². The number of rotatable bonds is 6. The number of halogens is 1. The summed E-state index contributed by atoms with van der Waals surface area (Å²) in [7, 11) is 0. The molecule has 0 fully saturated rings. The topological polar surface area (TPSA) is 76.0 Å². The van der Waals surface area contributed by atoms with Gasteiger partial charge in [-0.1, -0.05) is 12.1 Å². The van der Waals surface area contributed by atoms with Crippen LogP contribution in [0.3, 0.4) is 0 Å². The summed E-state index contributed by atoms with van der Waals surface area (Å²) in [5.74, 6) is 0.488. The number of nitrogens with zero attached hydrogens (tertiary/aromatic N) is 2. The molecule has 0 atom stereocenters. The first-order valence-electron chi connectivity index (χ1n) is 8.96. The lowest BCUT2D eigenvalue weighted by Gasteiger charge is -2.11. The van der Waals surface area contributed by atoms with Crippen LogP contribution in [0.4, 0.5) is 4.39 Å². The van der Waals surface area contributed by atoms with Crippen LogP contribution in [0.5, 0.6) is 0 Å². The molecule has 2 aromatic carbocycles. The number of benzene rings is 2. The Morgan fingerprint density at radius 1 is 1.22 bits per heavy atom. The molecule has 138 valence electrons. The number of aliphatic imine (C=N–C) groups is 1. The first-order chi connectivity index (χ1) is 13.2. The standard InChI is InChI=1S/C21H22FN5/c1-2-24-21(27-13-16-5-3-4-15(10-16)12-23)25-9-8-17-14-26-20-11-18(22)6-7-19(17)20/h3-7,10-11,14,26H,2,8-9,13H2,1H3,(H2,24,25,27). The summed E-state index contributed by atoms with van der Waals surface area (Å²) in [4.78, 5) is 7.69. The number of aromatic amines is 1. The molecule has 0 aliphatic carbocycles. The van der Waals surface area contributed by atoms with Crippen molar-refractivity contribution in [1.82, 2.24) is 15.6 Å². The minimum absolute atomic E-state index is 0.240. The number of fused-ring (bicyclic) bond motifs is 1. The highest BCUT2D eigenvalue weighted by atomic mass is 19.1. The Morgan fingerprint density at radius 2 is 2.11 bits per heavy atom. The first kappa shape index (κ1) is 18.5. The Balaban J connectivity index is 1.61. The van der Waals surface area contributed by atoms with Crippen molar-refractivity contribution in [3.8, 4) is 6.07 Å². The SMILES string of the molecule is CCNC(=NCc1cccc(C#N)c1)NCCc1c[nH]c2cc(F)ccc12. The Morgan fingerprint density at radius 3 is 2.93 bits per heavy atom. The fraction of sp³-hybridized carbons (Fsp3) is 0.238. The second kappa shape index (κ2) is 8.86. The maximum atomic E-state index is 13.3. The zero-order valence-corrected chi connectivity index (χ0v) is 15.2. The van der Waals surface area contributed by atoms with E-state index in [1.165, 1.54) is 12.1 Å². The summed E-state index contributed by atoms with van der Waals surface area (Å²) in [5.41, 5.74) is 3.57. The van der Waals surface area contributed by atoms with E-state index in [0.29, 0.717) is 18.7 Å². The summed E-state index contributed by atoms with van der Waals surface area (Å²) >= 11 is 0. The zero-order chi connectivity index (χ0) is 19.1. The van der Waals surface area contributed by atoms with Crippen molar-refractivity contribution < 1.29 is 4.39 Å². The molecule has 3 N–H and O–H groups in total. The lowest BCUT2D eigenvalue weighted by molar-refractivity contribution is 0.629. The van der Waals surface area contributed by atoms with E-state index in [9.17, 15) is 4.39 Å². The van der Waals surface area contributed by atoms with Crippen molar-refractivity contribution in [2.24, 2.45) is 4.99 Å². The molecular formula is C21H22FN5. The minimum atomic E-state index is -0.240. The Bertz CT molecular complexity index is 984. The van der Waals surface area contributed by atoms with Gasteiger partial charge in [0.15, 0.2) is 5.96 Å². The van der Waals surface area contributed by atoms with Gasteiger partial charge in [-0.2, -0.15) is 5.26 Å². The maximum absolute atomic E-state index is 13.3. The van der Waals surface area contributed by atoms with Gasteiger partial charge in [-0.05, 0) is 54.8 Å². The molecule has 3 rings (SSSR count). The van der Waals surface area contributed by atoms with Crippen molar-refractivity contribution in [2.75, 3.05) is 13.1 Å². The van der Waals surface area contributed by atoms with E-state index in [1.807, 2.05) is 31.3 Å². The molecule has 0 saturated heterocycles. The molecule has 0 spiro atoms. The molecule has 0 aliphatic heterocycles. The number of H-pyrrole nitrogens is 1. The average molecular weight is 363 g/mol. The third-order valence-corrected chi connectivity index (χ3v) is 4.24. The Labute approximate surface area is 157 Å². The molecule has 1 heterocycles. The molecule has 0 aliphatic rings. The monoisotopic (exact) mass is 363 g/mol. The fourth-order valence-electron chi connectivity index (χ4n) is 2.93. The molecule has 1 aromatic heterocycles. The van der Waals surface area contributed by atoms with Crippen LogP contribution in [0, 0.1) is 17.1 Å². The molecule has 27 heavy (non-hydrogen) atoms. The number of nitrogens with one attached hydrogen (secondary N) is 3. The van der Waals surface area contributed by atoms with Crippen LogP contribution in [0.15, 0.2) is 53.7 Å². The summed E-state index contributed by atoms with van der Waals surface area (Å²) in [5, 5.41) is 16.6. The van der Waals surface area contributed by atoms with Gasteiger partial charge in [0.1, 0.15) is 5.82 Å². The Kier molecular flexibility index (Phi) is 6.06. The summed E-state index contributed by atoms with van der Waals surface area (Å²) in [6.45, 7) is 3.98. The number of aromatic nitrogens is 1. The Hall–Kier alpha value is -3.33. The predicted octanol–water partition coefficient (Wildman–Crippen LogP) is 3.48. The van der Waals surface area contributed by atoms with Crippen molar-refractivity contribution in [3.63, 3.8) is 0 Å². The van der Waals surface area contributed by atoms with Gasteiger partial charge in [-0.15, -0.1) is 0 Å². The van der Waals surface area contributed by atoms with Crippen molar-refractivity contribution >= 4 is 16.9 Å². The van der Waals surface area contributed by atoms with Gasteiger partial charge in [-0.25, -0.2) is 9.38 Å². The number of nitriles is 1. The van der Waals surface area contributed by atoms with E-state index in [0.717, 1.165) is 41.0 Å². The van der Waals surface area contributed by atoms with Crippen LogP contribution in [-0.2, 0) is 13.0 Å². The van der Waals surface area contributed by atoms with Crippen LogP contribution in [0.25, 0.3) is 10.9 Å². The molecule has 0 radical (unpaired) electrons. The van der Waals surface area contributed by atoms with E-state index in [-0.39, 0.29) is 5.82 Å². The van der Waals surface area contributed by atoms with Gasteiger partial charge in [-0.3, -0.25) is 0 Å². The average Bonchev–Trinajstić information content (AvgIpc) is 3.08. The quantitative estimate of drug-likeness (QED) is 0.464. The molecule has 6 heteroatoms. The highest BCUT2D eigenvalue weighted by Gasteiger charge is 2.05. The number of guanidine groups is 1. The number of hydrogen-bond donors (Lipinski definition) is 3. The zero-order valence-electron chi connectivity index (χ0n) is 15.2. The minimum Gasteiger partial charge on any atom is -0.361 e. The summed E-state index contributed by atoms with van der Waals surface area (Å²) in [6, 6.07) is 14.4. The highest BCUT2D eigenvalue weighted by molar-refractivity contribution is 5.83. The molecule has 0 bridgehead atoms. The van der Waals surface area contributed by atoms with E-state index < -0.39 is 0 Å². The molecule has 3 aromatic rings. The third-order valence-electron chi connectivity index (χ3n) is 4.24. The second-order valence-electron chi connectivity index (χ2n) is 6.19. The van der Waals surface area contributed by atoms with E-state index in [2.05, 4.69) is 26.7 Å². The lowest BCUT2D eigenvalue weighted by atomic mass is 10.1. The van der Waals surface area contributed by atoms with Crippen molar-refractivity contribution in [2.45, 2.75) is 19.9 Å². The maximum Gasteiger partial charge on any atom is 0.191 e. The number of hydrogen-bond acceptors (Lipinski definition) is 2. The van der Waals surface area contributed by atoms with Gasteiger partial charge < -0.3 is 15.6 Å².